The Kier molecular flexibility index (Phi) is 9.22. The van der Waals surface area contributed by atoms with Gasteiger partial charge in [0.25, 0.3) is 20.8 Å². The molecule has 18 heteroatoms. The van der Waals surface area contributed by atoms with E-state index in [2.05, 4.69) is 40.2 Å². The molecule has 210 valence electrons. The summed E-state index contributed by atoms with van der Waals surface area (Å²) in [6.45, 7) is 1.72. The molecule has 0 aliphatic carbocycles. The van der Waals surface area contributed by atoms with Gasteiger partial charge >= 0.3 is 6.01 Å². The minimum atomic E-state index is -4.00. The number of hydrogen-bond donors (Lipinski definition) is 3. The van der Waals surface area contributed by atoms with Gasteiger partial charge in [-0.3, -0.25) is 14.3 Å². The van der Waals surface area contributed by atoms with Crippen LogP contribution >= 0.6 is 23.5 Å². The van der Waals surface area contributed by atoms with Crippen molar-refractivity contribution in [2.75, 3.05) is 30.0 Å². The first-order valence-corrected chi connectivity index (χ1v) is 14.6. The maximum atomic E-state index is 12.8. The minimum absolute atomic E-state index is 0.0273. The molecule has 4 rings (SSSR count). The van der Waals surface area contributed by atoms with E-state index in [1.54, 1.807) is 6.92 Å². The molecule has 0 atom stereocenters. The topological polar surface area (TPSA) is 204 Å². The summed E-state index contributed by atoms with van der Waals surface area (Å²) >= 11 is 2.27. The monoisotopic (exact) mass is 606 g/mol. The number of thioether (sulfide) groups is 2. The number of methoxy groups -OCH3 is 2. The van der Waals surface area contributed by atoms with Crippen molar-refractivity contribution in [3.05, 3.63) is 58.3 Å². The smallest absolute Gasteiger partial charge is 0.321 e. The molecule has 40 heavy (non-hydrogen) atoms. The van der Waals surface area contributed by atoms with Crippen LogP contribution < -0.4 is 25.1 Å². The predicted octanol–water partition coefficient (Wildman–Crippen LogP) is 2.09. The number of benzene rings is 1. The summed E-state index contributed by atoms with van der Waals surface area (Å²) in [5.41, 5.74) is 0.730. The van der Waals surface area contributed by atoms with Gasteiger partial charge in [0.15, 0.2) is 11.0 Å². The van der Waals surface area contributed by atoms with Crippen LogP contribution in [0.25, 0.3) is 0 Å². The zero-order valence-corrected chi connectivity index (χ0v) is 23.6. The molecule has 3 heterocycles. The van der Waals surface area contributed by atoms with Gasteiger partial charge in [0.2, 0.25) is 17.7 Å². The van der Waals surface area contributed by atoms with E-state index in [0.717, 1.165) is 11.8 Å². The van der Waals surface area contributed by atoms with Gasteiger partial charge in [0, 0.05) is 23.5 Å². The second-order valence-electron chi connectivity index (χ2n) is 7.69. The minimum Gasteiger partial charge on any atom is -0.481 e. The van der Waals surface area contributed by atoms with Crippen molar-refractivity contribution < 1.29 is 27.1 Å². The maximum absolute atomic E-state index is 12.8. The SMILES string of the molecule is COc1cc(NS(=O)(=O)c2ccc(NC(=O)CSc3nnc(CSc4nc(C)cc(=O)[nH]4)o3)cc2)nc(OC)n1. The first-order valence-electron chi connectivity index (χ1n) is 11.2. The Bertz CT molecular complexity index is 1640. The normalized spacial score (nSPS) is 11.2. The van der Waals surface area contributed by atoms with E-state index >= 15 is 0 Å². The number of anilines is 2. The molecule has 1 amide bonds. The quantitative estimate of drug-likeness (QED) is 0.156. The molecule has 0 saturated carbocycles. The number of H-pyrrole nitrogens is 1. The van der Waals surface area contributed by atoms with Crippen LogP contribution in [-0.4, -0.2) is 64.4 Å². The van der Waals surface area contributed by atoms with Gasteiger partial charge in [-0.15, -0.1) is 10.2 Å². The van der Waals surface area contributed by atoms with E-state index in [-0.39, 0.29) is 50.8 Å². The Morgan fingerprint density at radius 1 is 1.05 bits per heavy atom. The lowest BCUT2D eigenvalue weighted by atomic mass is 10.3. The van der Waals surface area contributed by atoms with Gasteiger partial charge in [-0.05, 0) is 31.2 Å². The maximum Gasteiger partial charge on any atom is 0.321 e. The van der Waals surface area contributed by atoms with E-state index < -0.39 is 10.0 Å². The third-order valence-corrected chi connectivity index (χ3v) is 7.76. The molecular formula is C22H22N8O7S3. The van der Waals surface area contributed by atoms with Gasteiger partial charge in [0.1, 0.15) is 0 Å². The lowest BCUT2D eigenvalue weighted by Crippen LogP contribution is -2.16. The van der Waals surface area contributed by atoms with Gasteiger partial charge in [0.05, 0.1) is 30.6 Å². The van der Waals surface area contributed by atoms with Crippen LogP contribution in [-0.2, 0) is 20.6 Å². The number of amides is 1. The Hall–Kier alpha value is -4.16. The van der Waals surface area contributed by atoms with Crippen molar-refractivity contribution in [2.45, 2.75) is 28.0 Å². The molecule has 3 aromatic heterocycles. The fourth-order valence-electron chi connectivity index (χ4n) is 3.00. The molecule has 0 aliphatic rings. The van der Waals surface area contributed by atoms with E-state index in [1.807, 2.05) is 0 Å². The number of carbonyl (C=O) groups excluding carboxylic acids is 1. The van der Waals surface area contributed by atoms with Crippen molar-refractivity contribution in [1.29, 1.82) is 0 Å². The van der Waals surface area contributed by atoms with Crippen molar-refractivity contribution in [3.63, 3.8) is 0 Å². The molecule has 0 spiro atoms. The highest BCUT2D eigenvalue weighted by Crippen LogP contribution is 2.23. The van der Waals surface area contributed by atoms with Crippen LogP contribution in [0.3, 0.4) is 0 Å². The first-order chi connectivity index (χ1) is 19.1. The molecule has 0 aliphatic heterocycles. The zero-order valence-electron chi connectivity index (χ0n) is 21.2. The summed E-state index contributed by atoms with van der Waals surface area (Å²) in [7, 11) is -1.28. The molecule has 0 unspecified atom stereocenters. The van der Waals surface area contributed by atoms with Crippen molar-refractivity contribution in [1.82, 2.24) is 30.1 Å². The van der Waals surface area contributed by atoms with Gasteiger partial charge in [-0.2, -0.15) is 9.97 Å². The standard InChI is InChI=1S/C22H22N8O7S3/c1-12-8-16(31)26-21(23-12)38-11-19-28-29-22(37-19)39-10-17(32)24-13-4-6-14(7-5-13)40(33,34)30-15-9-18(35-2)27-20(25-15)36-3/h4-9H,10-11H2,1-3H3,(H,24,32)(H,23,26,31)(H,25,27,30). The summed E-state index contributed by atoms with van der Waals surface area (Å²) in [5, 5.41) is 11.1. The van der Waals surface area contributed by atoms with Gasteiger partial charge < -0.3 is 24.2 Å². The Balaban J connectivity index is 1.28. The van der Waals surface area contributed by atoms with Gasteiger partial charge in [-0.1, -0.05) is 23.5 Å². The fourth-order valence-corrected chi connectivity index (χ4v) is 5.33. The zero-order chi connectivity index (χ0) is 28.7. The molecule has 4 aromatic rings. The number of ether oxygens (including phenoxy) is 2. The van der Waals surface area contributed by atoms with Crippen molar-refractivity contribution >= 4 is 51.0 Å². The third-order valence-electron chi connectivity index (χ3n) is 4.72. The van der Waals surface area contributed by atoms with Gasteiger partial charge in [-0.25, -0.2) is 13.4 Å². The molecule has 0 radical (unpaired) electrons. The number of aryl methyl sites for hydroxylation is 1. The average Bonchev–Trinajstić information content (AvgIpc) is 3.38. The predicted molar refractivity (Wildman–Crippen MR) is 145 cm³/mol. The van der Waals surface area contributed by atoms with E-state index in [9.17, 15) is 18.0 Å². The number of nitrogens with one attached hydrogen (secondary N) is 3. The number of carbonyl (C=O) groups is 1. The van der Waals surface area contributed by atoms with E-state index in [0.29, 0.717) is 22.4 Å². The lowest BCUT2D eigenvalue weighted by Gasteiger charge is -2.10. The Morgan fingerprint density at radius 3 is 2.52 bits per heavy atom. The highest BCUT2D eigenvalue weighted by Gasteiger charge is 2.17. The number of nitrogens with zero attached hydrogens (tertiary/aromatic N) is 5. The third kappa shape index (κ3) is 7.93. The van der Waals surface area contributed by atoms with E-state index in [4.69, 9.17) is 13.9 Å². The van der Waals surface area contributed by atoms with Crippen LogP contribution in [0.4, 0.5) is 11.5 Å². The van der Waals surface area contributed by atoms with Crippen LogP contribution in [0.15, 0.2) is 60.9 Å². The number of aromatic amines is 1. The molecule has 0 saturated heterocycles. The number of rotatable bonds is 12. The lowest BCUT2D eigenvalue weighted by molar-refractivity contribution is -0.113. The van der Waals surface area contributed by atoms with Crippen molar-refractivity contribution in [2.24, 2.45) is 0 Å². The molecule has 3 N–H and O–H groups in total. The average molecular weight is 607 g/mol. The highest BCUT2D eigenvalue weighted by atomic mass is 32.2. The van der Waals surface area contributed by atoms with Crippen LogP contribution in [0.5, 0.6) is 11.9 Å². The number of aromatic nitrogens is 6. The van der Waals surface area contributed by atoms with E-state index in [1.165, 1.54) is 62.4 Å². The van der Waals surface area contributed by atoms with Crippen LogP contribution in [0.2, 0.25) is 0 Å². The summed E-state index contributed by atoms with van der Waals surface area (Å²) in [6.07, 6.45) is 0. The summed E-state index contributed by atoms with van der Waals surface area (Å²) < 4.78 is 43.4. The highest BCUT2D eigenvalue weighted by molar-refractivity contribution is 7.99. The Labute approximate surface area is 236 Å². The summed E-state index contributed by atoms with van der Waals surface area (Å²) in [6, 6.07) is 8.19. The number of hydrogen-bond acceptors (Lipinski definition) is 14. The Morgan fingerprint density at radius 2 is 1.82 bits per heavy atom. The summed E-state index contributed by atoms with van der Waals surface area (Å²) in [4.78, 5) is 38.5. The van der Waals surface area contributed by atoms with Crippen LogP contribution in [0.1, 0.15) is 11.6 Å². The second kappa shape index (κ2) is 12.8. The summed E-state index contributed by atoms with van der Waals surface area (Å²) in [5.74, 6) is 0.279. The second-order valence-corrected chi connectivity index (χ2v) is 11.3. The molecule has 0 bridgehead atoms. The molecule has 1 aromatic carbocycles. The van der Waals surface area contributed by atoms with Crippen LogP contribution in [0, 0.1) is 6.92 Å². The fraction of sp³-hybridized carbons (Fsp3) is 0.227. The molecule has 0 fully saturated rings. The molecular weight excluding hydrogens is 584 g/mol. The first kappa shape index (κ1) is 28.8. The largest absolute Gasteiger partial charge is 0.481 e. The molecule has 15 nitrogen and oxygen atoms in total. The number of sulfonamides is 1. The van der Waals surface area contributed by atoms with Crippen molar-refractivity contribution in [3.8, 4) is 11.9 Å².